The van der Waals surface area contributed by atoms with Crippen LogP contribution in [0.5, 0.6) is 0 Å². The fourth-order valence-electron chi connectivity index (χ4n) is 3.09. The Morgan fingerprint density at radius 1 is 1.14 bits per heavy atom. The summed E-state index contributed by atoms with van der Waals surface area (Å²) in [6, 6.07) is 17.0. The second-order valence-corrected chi connectivity index (χ2v) is 7.10. The lowest BCUT2D eigenvalue weighted by Crippen LogP contribution is -2.33. The lowest BCUT2D eigenvalue weighted by Gasteiger charge is -2.18. The molecule has 0 bridgehead atoms. The van der Waals surface area contributed by atoms with Crippen LogP contribution in [0.1, 0.15) is 24.5 Å². The monoisotopic (exact) mass is 380 g/mol. The highest BCUT2D eigenvalue weighted by atomic mass is 16.5. The van der Waals surface area contributed by atoms with Crippen LogP contribution >= 0.6 is 0 Å². The summed E-state index contributed by atoms with van der Waals surface area (Å²) in [5.41, 5.74) is 2.74. The SMILES string of the molecule is Cc1ccc(NC(=O)[C@@H](C)OC(=O)[C@@H]2CC(=O)N(Cc3ccccc3)C2)cc1. The lowest BCUT2D eigenvalue weighted by atomic mass is 10.1. The molecule has 1 aliphatic heterocycles. The predicted molar refractivity (Wildman–Crippen MR) is 105 cm³/mol. The number of nitrogens with zero attached hydrogens (tertiary/aromatic N) is 1. The van der Waals surface area contributed by atoms with Crippen molar-refractivity contribution in [2.75, 3.05) is 11.9 Å². The number of benzene rings is 2. The van der Waals surface area contributed by atoms with Crippen LogP contribution in [0.2, 0.25) is 0 Å². The number of carbonyl (C=O) groups excluding carboxylic acids is 3. The van der Waals surface area contributed by atoms with E-state index in [1.807, 2.05) is 49.4 Å². The van der Waals surface area contributed by atoms with Crippen molar-refractivity contribution in [1.82, 2.24) is 4.90 Å². The van der Waals surface area contributed by atoms with Gasteiger partial charge in [0.05, 0.1) is 5.92 Å². The maximum absolute atomic E-state index is 12.4. The molecule has 0 spiro atoms. The largest absolute Gasteiger partial charge is 0.452 e. The van der Waals surface area contributed by atoms with E-state index in [2.05, 4.69) is 5.32 Å². The third-order valence-corrected chi connectivity index (χ3v) is 4.75. The summed E-state index contributed by atoms with van der Waals surface area (Å²) >= 11 is 0. The molecule has 0 unspecified atom stereocenters. The van der Waals surface area contributed by atoms with E-state index >= 15 is 0 Å². The third kappa shape index (κ3) is 4.97. The van der Waals surface area contributed by atoms with Crippen molar-refractivity contribution >= 4 is 23.5 Å². The van der Waals surface area contributed by atoms with Crippen molar-refractivity contribution in [3.05, 3.63) is 65.7 Å². The van der Waals surface area contributed by atoms with E-state index in [-0.39, 0.29) is 12.3 Å². The molecular weight excluding hydrogens is 356 g/mol. The van der Waals surface area contributed by atoms with Crippen molar-refractivity contribution in [2.45, 2.75) is 32.9 Å². The number of amides is 2. The van der Waals surface area contributed by atoms with Crippen molar-refractivity contribution in [1.29, 1.82) is 0 Å². The van der Waals surface area contributed by atoms with Crippen LogP contribution in [0.3, 0.4) is 0 Å². The second-order valence-electron chi connectivity index (χ2n) is 7.10. The van der Waals surface area contributed by atoms with Crippen LogP contribution in [-0.2, 0) is 25.7 Å². The molecular formula is C22H24N2O4. The number of hydrogen-bond acceptors (Lipinski definition) is 4. The Morgan fingerprint density at radius 2 is 1.82 bits per heavy atom. The fourth-order valence-corrected chi connectivity index (χ4v) is 3.09. The Hall–Kier alpha value is -3.15. The van der Waals surface area contributed by atoms with Crippen molar-refractivity contribution in [3.63, 3.8) is 0 Å². The van der Waals surface area contributed by atoms with Gasteiger partial charge >= 0.3 is 5.97 Å². The molecule has 1 heterocycles. The van der Waals surface area contributed by atoms with Gasteiger partial charge in [-0.05, 0) is 31.5 Å². The summed E-state index contributed by atoms with van der Waals surface area (Å²) in [6.07, 6.45) is -0.829. The van der Waals surface area contributed by atoms with Gasteiger partial charge in [0.15, 0.2) is 6.10 Å². The van der Waals surface area contributed by atoms with Gasteiger partial charge in [0.2, 0.25) is 5.91 Å². The van der Waals surface area contributed by atoms with E-state index < -0.39 is 23.9 Å². The molecule has 2 aromatic carbocycles. The zero-order chi connectivity index (χ0) is 20.1. The van der Waals surface area contributed by atoms with Gasteiger partial charge in [-0.2, -0.15) is 0 Å². The van der Waals surface area contributed by atoms with E-state index in [4.69, 9.17) is 4.74 Å². The molecule has 1 fully saturated rings. The first-order valence-electron chi connectivity index (χ1n) is 9.32. The Bertz CT molecular complexity index is 849. The molecule has 6 nitrogen and oxygen atoms in total. The molecule has 6 heteroatoms. The average molecular weight is 380 g/mol. The topological polar surface area (TPSA) is 75.7 Å². The summed E-state index contributed by atoms with van der Waals surface area (Å²) in [4.78, 5) is 38.5. The number of aryl methyl sites for hydroxylation is 1. The average Bonchev–Trinajstić information content (AvgIpc) is 3.05. The Kier molecular flexibility index (Phi) is 6.09. The second kappa shape index (κ2) is 8.69. The molecule has 1 N–H and O–H groups in total. The number of carbonyl (C=O) groups is 3. The van der Waals surface area contributed by atoms with E-state index in [0.29, 0.717) is 18.8 Å². The highest BCUT2D eigenvalue weighted by Gasteiger charge is 2.36. The molecule has 28 heavy (non-hydrogen) atoms. The number of likely N-dealkylation sites (tertiary alicyclic amines) is 1. The van der Waals surface area contributed by atoms with Gasteiger partial charge in [-0.15, -0.1) is 0 Å². The fraction of sp³-hybridized carbons (Fsp3) is 0.318. The van der Waals surface area contributed by atoms with E-state index in [1.54, 1.807) is 17.0 Å². The Morgan fingerprint density at radius 3 is 2.50 bits per heavy atom. The van der Waals surface area contributed by atoms with E-state index in [0.717, 1.165) is 11.1 Å². The standard InChI is InChI=1S/C22H24N2O4/c1-15-8-10-19(11-9-15)23-21(26)16(2)28-22(27)18-12-20(25)24(14-18)13-17-6-4-3-5-7-17/h3-11,16,18H,12-14H2,1-2H3,(H,23,26)/t16-,18-/m1/s1. The number of esters is 1. The molecule has 2 amide bonds. The minimum Gasteiger partial charge on any atom is -0.452 e. The van der Waals surface area contributed by atoms with Crippen LogP contribution in [-0.4, -0.2) is 35.3 Å². The van der Waals surface area contributed by atoms with Crippen LogP contribution in [0.25, 0.3) is 0 Å². The van der Waals surface area contributed by atoms with Gasteiger partial charge in [0, 0.05) is 25.2 Å². The molecule has 2 atom stereocenters. The van der Waals surface area contributed by atoms with Crippen molar-refractivity contribution in [2.24, 2.45) is 5.92 Å². The minimum atomic E-state index is -0.938. The first-order valence-corrected chi connectivity index (χ1v) is 9.32. The van der Waals surface area contributed by atoms with Crippen molar-refractivity contribution < 1.29 is 19.1 Å². The minimum absolute atomic E-state index is 0.0810. The van der Waals surface area contributed by atoms with Crippen LogP contribution < -0.4 is 5.32 Å². The van der Waals surface area contributed by atoms with Crippen LogP contribution in [0.15, 0.2) is 54.6 Å². The maximum atomic E-state index is 12.4. The smallest absolute Gasteiger partial charge is 0.312 e. The highest BCUT2D eigenvalue weighted by Crippen LogP contribution is 2.22. The van der Waals surface area contributed by atoms with Gasteiger partial charge in [0.25, 0.3) is 5.91 Å². The Balaban J connectivity index is 1.51. The number of rotatable bonds is 6. The van der Waals surface area contributed by atoms with E-state index in [1.165, 1.54) is 6.92 Å². The molecule has 0 aromatic heterocycles. The van der Waals surface area contributed by atoms with Crippen LogP contribution in [0.4, 0.5) is 5.69 Å². The lowest BCUT2D eigenvalue weighted by molar-refractivity contribution is -0.157. The number of hydrogen-bond donors (Lipinski definition) is 1. The molecule has 0 saturated carbocycles. The van der Waals surface area contributed by atoms with Gasteiger partial charge in [-0.1, -0.05) is 48.0 Å². The van der Waals surface area contributed by atoms with Gasteiger partial charge in [-0.25, -0.2) is 0 Å². The van der Waals surface area contributed by atoms with Gasteiger partial charge in [-0.3, -0.25) is 14.4 Å². The van der Waals surface area contributed by atoms with Gasteiger partial charge < -0.3 is 15.0 Å². The Labute approximate surface area is 164 Å². The zero-order valence-corrected chi connectivity index (χ0v) is 16.1. The van der Waals surface area contributed by atoms with Crippen molar-refractivity contribution in [3.8, 4) is 0 Å². The normalized spacial score (nSPS) is 17.3. The summed E-state index contributed by atoms with van der Waals surface area (Å²) < 4.78 is 5.31. The van der Waals surface area contributed by atoms with Gasteiger partial charge in [0.1, 0.15) is 0 Å². The molecule has 1 aliphatic rings. The molecule has 2 aromatic rings. The highest BCUT2D eigenvalue weighted by molar-refractivity contribution is 5.95. The summed E-state index contributed by atoms with van der Waals surface area (Å²) in [5, 5.41) is 2.72. The quantitative estimate of drug-likeness (QED) is 0.782. The number of ether oxygens (including phenoxy) is 1. The molecule has 3 rings (SSSR count). The number of nitrogens with one attached hydrogen (secondary N) is 1. The molecule has 1 saturated heterocycles. The number of anilines is 1. The summed E-state index contributed by atoms with van der Waals surface area (Å²) in [5.74, 6) is -1.55. The predicted octanol–water partition coefficient (Wildman–Crippen LogP) is 2.91. The summed E-state index contributed by atoms with van der Waals surface area (Å²) in [6.45, 7) is 4.26. The molecule has 146 valence electrons. The zero-order valence-electron chi connectivity index (χ0n) is 16.1. The maximum Gasteiger partial charge on any atom is 0.312 e. The molecule has 0 radical (unpaired) electrons. The first-order chi connectivity index (χ1) is 13.4. The summed E-state index contributed by atoms with van der Waals surface area (Å²) in [7, 11) is 0. The van der Waals surface area contributed by atoms with Crippen LogP contribution in [0, 0.1) is 12.8 Å². The first kappa shape index (κ1) is 19.6. The molecule has 0 aliphatic carbocycles. The third-order valence-electron chi connectivity index (χ3n) is 4.75. The van der Waals surface area contributed by atoms with E-state index in [9.17, 15) is 14.4 Å².